The lowest BCUT2D eigenvalue weighted by molar-refractivity contribution is -0.249. The first-order chi connectivity index (χ1) is 12.5. The number of fused-ring (bicyclic) bond motifs is 5. The van der Waals surface area contributed by atoms with Gasteiger partial charge in [0.25, 0.3) is 0 Å². The maximum absolute atomic E-state index is 12.7. The van der Waals surface area contributed by atoms with Crippen molar-refractivity contribution in [1.29, 1.82) is 0 Å². The largest absolute Gasteiger partial charge is 0.368 e. The zero-order valence-electron chi connectivity index (χ0n) is 18.3. The first kappa shape index (κ1) is 19.9. The van der Waals surface area contributed by atoms with Gasteiger partial charge in [0.05, 0.1) is 6.10 Å². The molecule has 0 amide bonds. The third-order valence-electron chi connectivity index (χ3n) is 10.7. The fourth-order valence-electron chi connectivity index (χ4n) is 8.42. The molecule has 0 bridgehead atoms. The van der Waals surface area contributed by atoms with Gasteiger partial charge in [-0.05, 0) is 85.4 Å². The lowest BCUT2D eigenvalue weighted by Crippen LogP contribution is -2.64. The van der Waals surface area contributed by atoms with Gasteiger partial charge in [0.2, 0.25) is 0 Å². The molecule has 0 aromatic heterocycles. The van der Waals surface area contributed by atoms with E-state index in [0.717, 1.165) is 25.2 Å². The predicted molar refractivity (Wildman–Crippen MR) is 107 cm³/mol. The SMILES string of the molecule is CC(O)OC1CC2(C)C(C)C(=O)CC[C@]2(C)C2CC[C@@]3(C)C(CC[C@@H]3C)C12. The molecule has 4 aliphatic rings. The van der Waals surface area contributed by atoms with Crippen molar-refractivity contribution in [3.8, 4) is 0 Å². The van der Waals surface area contributed by atoms with Crippen LogP contribution in [0.2, 0.25) is 0 Å². The van der Waals surface area contributed by atoms with Crippen LogP contribution in [-0.4, -0.2) is 23.3 Å². The van der Waals surface area contributed by atoms with Gasteiger partial charge in [-0.25, -0.2) is 0 Å². The molecule has 27 heavy (non-hydrogen) atoms. The molecule has 7 unspecified atom stereocenters. The van der Waals surface area contributed by atoms with E-state index in [1.54, 1.807) is 6.92 Å². The average Bonchev–Trinajstić information content (AvgIpc) is 2.90. The molecule has 10 atom stereocenters. The maximum Gasteiger partial charge on any atom is 0.152 e. The third kappa shape index (κ3) is 2.56. The molecular weight excluding hydrogens is 336 g/mol. The summed E-state index contributed by atoms with van der Waals surface area (Å²) in [5.41, 5.74) is 0.597. The quantitative estimate of drug-likeness (QED) is 0.674. The number of hydrogen-bond acceptors (Lipinski definition) is 3. The fraction of sp³-hybridized carbons (Fsp3) is 0.958. The molecule has 1 N–H and O–H groups in total. The van der Waals surface area contributed by atoms with Crippen molar-refractivity contribution >= 4 is 5.78 Å². The number of carbonyl (C=O) groups is 1. The summed E-state index contributed by atoms with van der Waals surface area (Å²) in [6.45, 7) is 13.7. The molecule has 3 heteroatoms. The summed E-state index contributed by atoms with van der Waals surface area (Å²) in [6.07, 6.45) is 7.26. The number of ketones is 1. The Morgan fingerprint density at radius 2 is 1.74 bits per heavy atom. The van der Waals surface area contributed by atoms with Crippen LogP contribution in [0.3, 0.4) is 0 Å². The standard InChI is InChI=1S/C24H40O3/c1-14-7-8-17-21-18(9-11-22(14,17)4)23(5)12-10-19(26)15(2)24(23,6)13-20(21)27-16(3)25/h14-18,20-21,25H,7-13H2,1-6H3/t14-,15?,16?,17?,18?,20?,21?,22+,23+,24?/m0/s1. The summed E-state index contributed by atoms with van der Waals surface area (Å²) in [7, 11) is 0. The lowest BCUT2D eigenvalue weighted by Gasteiger charge is -2.67. The van der Waals surface area contributed by atoms with Crippen molar-refractivity contribution in [3.05, 3.63) is 0 Å². The van der Waals surface area contributed by atoms with E-state index >= 15 is 0 Å². The second-order valence-corrected chi connectivity index (χ2v) is 11.3. The lowest BCUT2D eigenvalue weighted by atomic mass is 9.38. The third-order valence-corrected chi connectivity index (χ3v) is 10.7. The van der Waals surface area contributed by atoms with Crippen molar-refractivity contribution in [3.63, 3.8) is 0 Å². The van der Waals surface area contributed by atoms with E-state index < -0.39 is 6.29 Å². The van der Waals surface area contributed by atoms with Gasteiger partial charge in [0.1, 0.15) is 5.78 Å². The maximum atomic E-state index is 12.7. The number of ether oxygens (including phenoxy) is 1. The van der Waals surface area contributed by atoms with E-state index in [0.29, 0.717) is 29.0 Å². The molecular formula is C24H40O3. The second-order valence-electron chi connectivity index (χ2n) is 11.3. The summed E-state index contributed by atoms with van der Waals surface area (Å²) < 4.78 is 6.24. The number of carbonyl (C=O) groups excluding carboxylic acids is 1. The van der Waals surface area contributed by atoms with Gasteiger partial charge in [-0.15, -0.1) is 0 Å². The fourth-order valence-corrected chi connectivity index (χ4v) is 8.42. The van der Waals surface area contributed by atoms with Gasteiger partial charge in [0, 0.05) is 12.3 Å². The van der Waals surface area contributed by atoms with Gasteiger partial charge in [-0.3, -0.25) is 4.79 Å². The summed E-state index contributed by atoms with van der Waals surface area (Å²) in [4.78, 5) is 12.7. The molecule has 0 heterocycles. The highest BCUT2D eigenvalue weighted by Crippen LogP contribution is 2.71. The molecule has 0 aliphatic heterocycles. The number of rotatable bonds is 2. The highest BCUT2D eigenvalue weighted by molar-refractivity contribution is 5.82. The monoisotopic (exact) mass is 376 g/mol. The summed E-state index contributed by atoms with van der Waals surface area (Å²) >= 11 is 0. The first-order valence-electron chi connectivity index (χ1n) is 11.4. The van der Waals surface area contributed by atoms with E-state index in [2.05, 4.69) is 34.6 Å². The second kappa shape index (κ2) is 6.29. The molecule has 4 saturated carbocycles. The average molecular weight is 377 g/mol. The van der Waals surface area contributed by atoms with Crippen LogP contribution in [0.25, 0.3) is 0 Å². The number of Topliss-reactive ketones (excluding diaryl/α,β-unsaturated/α-hetero) is 1. The molecule has 0 saturated heterocycles. The predicted octanol–water partition coefficient (Wildman–Crippen LogP) is 5.20. The van der Waals surface area contributed by atoms with Crippen LogP contribution < -0.4 is 0 Å². The van der Waals surface area contributed by atoms with Crippen LogP contribution in [0, 0.1) is 45.8 Å². The molecule has 4 rings (SSSR count). The van der Waals surface area contributed by atoms with Gasteiger partial charge in [-0.1, -0.05) is 34.6 Å². The van der Waals surface area contributed by atoms with Crippen molar-refractivity contribution in [1.82, 2.24) is 0 Å². The molecule has 0 aromatic rings. The van der Waals surface area contributed by atoms with E-state index in [-0.39, 0.29) is 22.9 Å². The summed E-state index contributed by atoms with van der Waals surface area (Å²) in [6, 6.07) is 0. The zero-order valence-corrected chi connectivity index (χ0v) is 18.3. The van der Waals surface area contributed by atoms with Crippen LogP contribution in [0.4, 0.5) is 0 Å². The van der Waals surface area contributed by atoms with Crippen LogP contribution in [0.5, 0.6) is 0 Å². The van der Waals surface area contributed by atoms with Crippen LogP contribution in [0.1, 0.15) is 86.5 Å². The Hall–Kier alpha value is -0.410. The minimum absolute atomic E-state index is 0.0268. The van der Waals surface area contributed by atoms with Gasteiger partial charge < -0.3 is 9.84 Å². The van der Waals surface area contributed by atoms with Crippen LogP contribution in [0.15, 0.2) is 0 Å². The topological polar surface area (TPSA) is 46.5 Å². The van der Waals surface area contributed by atoms with Gasteiger partial charge in [0.15, 0.2) is 6.29 Å². The van der Waals surface area contributed by atoms with Gasteiger partial charge >= 0.3 is 0 Å². The van der Waals surface area contributed by atoms with Crippen LogP contribution >= 0.6 is 0 Å². The summed E-state index contributed by atoms with van der Waals surface area (Å²) in [5.74, 6) is 3.14. The Morgan fingerprint density at radius 3 is 2.41 bits per heavy atom. The van der Waals surface area contributed by atoms with Crippen molar-refractivity contribution in [2.45, 2.75) is 98.9 Å². The Labute approximate surface area is 165 Å². The zero-order chi connectivity index (χ0) is 19.8. The smallest absolute Gasteiger partial charge is 0.152 e. The summed E-state index contributed by atoms with van der Waals surface area (Å²) in [5, 5.41) is 10.1. The minimum atomic E-state index is -0.731. The molecule has 0 aromatic carbocycles. The molecule has 154 valence electrons. The first-order valence-corrected chi connectivity index (χ1v) is 11.4. The van der Waals surface area contributed by atoms with E-state index in [1.165, 1.54) is 25.7 Å². The number of hydrogen-bond donors (Lipinski definition) is 1. The molecule has 0 radical (unpaired) electrons. The number of aliphatic hydroxyl groups excluding tert-OH is 1. The van der Waals surface area contributed by atoms with Crippen molar-refractivity contribution in [2.75, 3.05) is 0 Å². The minimum Gasteiger partial charge on any atom is -0.368 e. The highest BCUT2D eigenvalue weighted by Gasteiger charge is 2.67. The highest BCUT2D eigenvalue weighted by atomic mass is 16.6. The Balaban J connectivity index is 1.78. The van der Waals surface area contributed by atoms with E-state index in [4.69, 9.17) is 4.74 Å². The van der Waals surface area contributed by atoms with Crippen LogP contribution in [-0.2, 0) is 9.53 Å². The van der Waals surface area contributed by atoms with E-state index in [1.807, 2.05) is 0 Å². The van der Waals surface area contributed by atoms with E-state index in [9.17, 15) is 9.90 Å². The Bertz CT molecular complexity index is 615. The normalized spacial score (nSPS) is 56.2. The molecule has 3 nitrogen and oxygen atoms in total. The molecule has 4 fully saturated rings. The van der Waals surface area contributed by atoms with Crippen molar-refractivity contribution < 1.29 is 14.6 Å². The Morgan fingerprint density at radius 1 is 1.04 bits per heavy atom. The van der Waals surface area contributed by atoms with Crippen molar-refractivity contribution in [2.24, 2.45) is 45.8 Å². The number of aliphatic hydroxyl groups is 1. The molecule has 4 aliphatic carbocycles. The van der Waals surface area contributed by atoms with Gasteiger partial charge in [-0.2, -0.15) is 0 Å². The molecule has 0 spiro atoms. The Kier molecular flexibility index (Phi) is 4.63.